The molecule has 0 saturated heterocycles. The quantitative estimate of drug-likeness (QED) is 0.846. The van der Waals surface area contributed by atoms with Crippen LogP contribution in [0.4, 0.5) is 4.39 Å². The Balaban J connectivity index is 2.46. The second kappa shape index (κ2) is 4.64. The summed E-state index contributed by atoms with van der Waals surface area (Å²) >= 11 is 5.73. The van der Waals surface area contributed by atoms with Crippen molar-refractivity contribution < 1.29 is 4.39 Å². The molecule has 1 nitrogen and oxygen atoms in total. The molecular weight excluding hydrogens is 225 g/mol. The van der Waals surface area contributed by atoms with Crippen LogP contribution in [0, 0.1) is 5.82 Å². The SMILES string of the molecule is NCc1ccc(-c2cccc(Cl)c2F)cc1. The molecule has 2 rings (SSSR count). The van der Waals surface area contributed by atoms with Gasteiger partial charge in [-0.2, -0.15) is 0 Å². The van der Waals surface area contributed by atoms with Gasteiger partial charge in [0.1, 0.15) is 5.82 Å². The van der Waals surface area contributed by atoms with Crippen molar-refractivity contribution >= 4 is 11.6 Å². The van der Waals surface area contributed by atoms with Gasteiger partial charge in [0.15, 0.2) is 0 Å². The van der Waals surface area contributed by atoms with Gasteiger partial charge >= 0.3 is 0 Å². The number of rotatable bonds is 2. The summed E-state index contributed by atoms with van der Waals surface area (Å²) in [4.78, 5) is 0. The van der Waals surface area contributed by atoms with Crippen LogP contribution < -0.4 is 5.73 Å². The minimum absolute atomic E-state index is 0.139. The number of benzene rings is 2. The lowest BCUT2D eigenvalue weighted by atomic mass is 10.0. The topological polar surface area (TPSA) is 26.0 Å². The van der Waals surface area contributed by atoms with Gasteiger partial charge in [-0.1, -0.05) is 48.0 Å². The van der Waals surface area contributed by atoms with Crippen molar-refractivity contribution in [3.63, 3.8) is 0 Å². The first-order chi connectivity index (χ1) is 7.72. The lowest BCUT2D eigenvalue weighted by Crippen LogP contribution is -1.95. The van der Waals surface area contributed by atoms with E-state index >= 15 is 0 Å². The van der Waals surface area contributed by atoms with Crippen LogP contribution in [-0.4, -0.2) is 0 Å². The summed E-state index contributed by atoms with van der Waals surface area (Å²) in [6.07, 6.45) is 0. The summed E-state index contributed by atoms with van der Waals surface area (Å²) in [5, 5.41) is 0.139. The Kier molecular flexibility index (Phi) is 3.22. The van der Waals surface area contributed by atoms with E-state index in [4.69, 9.17) is 17.3 Å². The van der Waals surface area contributed by atoms with Crippen molar-refractivity contribution in [3.8, 4) is 11.1 Å². The Hall–Kier alpha value is -1.38. The van der Waals surface area contributed by atoms with E-state index in [0.29, 0.717) is 12.1 Å². The maximum atomic E-state index is 13.7. The molecule has 0 aliphatic heterocycles. The van der Waals surface area contributed by atoms with Crippen LogP contribution in [0.3, 0.4) is 0 Å². The highest BCUT2D eigenvalue weighted by molar-refractivity contribution is 6.31. The molecule has 0 aliphatic rings. The first-order valence-electron chi connectivity index (χ1n) is 4.96. The molecule has 0 fully saturated rings. The molecule has 0 radical (unpaired) electrons. The second-order valence-corrected chi connectivity index (χ2v) is 3.91. The smallest absolute Gasteiger partial charge is 0.149 e. The van der Waals surface area contributed by atoms with E-state index in [1.165, 1.54) is 6.07 Å². The normalized spacial score (nSPS) is 10.4. The average molecular weight is 236 g/mol. The standard InChI is InChI=1S/C13H11ClFN/c14-12-3-1-2-11(13(12)15)10-6-4-9(8-16)5-7-10/h1-7H,8,16H2. The van der Waals surface area contributed by atoms with Gasteiger partial charge < -0.3 is 5.73 Å². The number of hydrogen-bond donors (Lipinski definition) is 1. The van der Waals surface area contributed by atoms with E-state index in [-0.39, 0.29) is 10.8 Å². The maximum Gasteiger partial charge on any atom is 0.149 e. The molecule has 0 atom stereocenters. The molecular formula is C13H11ClFN. The molecule has 2 N–H and O–H groups in total. The summed E-state index contributed by atoms with van der Waals surface area (Å²) in [6, 6.07) is 12.4. The van der Waals surface area contributed by atoms with Gasteiger partial charge in [-0.3, -0.25) is 0 Å². The molecule has 0 heterocycles. The molecule has 0 unspecified atom stereocenters. The van der Waals surface area contributed by atoms with Crippen molar-refractivity contribution in [1.82, 2.24) is 0 Å². The highest BCUT2D eigenvalue weighted by Crippen LogP contribution is 2.27. The Morgan fingerprint density at radius 1 is 1.06 bits per heavy atom. The molecule has 0 amide bonds. The average Bonchev–Trinajstić information content (AvgIpc) is 2.33. The Morgan fingerprint density at radius 2 is 1.75 bits per heavy atom. The van der Waals surface area contributed by atoms with Gasteiger partial charge in [0.05, 0.1) is 5.02 Å². The molecule has 0 aromatic heterocycles. The Morgan fingerprint density at radius 3 is 2.38 bits per heavy atom. The van der Waals surface area contributed by atoms with Gasteiger partial charge in [0, 0.05) is 12.1 Å². The molecule has 2 aromatic carbocycles. The van der Waals surface area contributed by atoms with Crippen molar-refractivity contribution in [2.45, 2.75) is 6.54 Å². The monoisotopic (exact) mass is 235 g/mol. The van der Waals surface area contributed by atoms with E-state index in [1.54, 1.807) is 12.1 Å². The summed E-state index contributed by atoms with van der Waals surface area (Å²) in [7, 11) is 0. The van der Waals surface area contributed by atoms with E-state index in [0.717, 1.165) is 11.1 Å². The fourth-order valence-corrected chi connectivity index (χ4v) is 1.72. The van der Waals surface area contributed by atoms with E-state index in [2.05, 4.69) is 0 Å². The predicted molar refractivity (Wildman–Crippen MR) is 64.7 cm³/mol. The minimum atomic E-state index is -0.385. The van der Waals surface area contributed by atoms with E-state index in [9.17, 15) is 4.39 Å². The Bertz CT molecular complexity index is 494. The molecule has 0 aliphatic carbocycles. The van der Waals surface area contributed by atoms with Gasteiger partial charge in [-0.15, -0.1) is 0 Å². The zero-order chi connectivity index (χ0) is 11.5. The summed E-state index contributed by atoms with van der Waals surface area (Å²) in [6.45, 7) is 0.484. The molecule has 82 valence electrons. The Labute approximate surface area is 98.7 Å². The van der Waals surface area contributed by atoms with E-state index < -0.39 is 0 Å². The van der Waals surface area contributed by atoms with Crippen molar-refractivity contribution in [3.05, 3.63) is 58.9 Å². The number of halogens is 2. The van der Waals surface area contributed by atoms with Crippen LogP contribution in [0.1, 0.15) is 5.56 Å². The third kappa shape index (κ3) is 2.08. The summed E-state index contributed by atoms with van der Waals surface area (Å²) < 4.78 is 13.7. The molecule has 2 aromatic rings. The third-order valence-electron chi connectivity index (χ3n) is 2.45. The highest BCUT2D eigenvalue weighted by Gasteiger charge is 2.07. The minimum Gasteiger partial charge on any atom is -0.326 e. The first-order valence-corrected chi connectivity index (χ1v) is 5.33. The lowest BCUT2D eigenvalue weighted by Gasteiger charge is -2.05. The van der Waals surface area contributed by atoms with Gasteiger partial charge in [0.25, 0.3) is 0 Å². The maximum absolute atomic E-state index is 13.7. The summed E-state index contributed by atoms with van der Waals surface area (Å²) in [5.41, 5.74) is 7.83. The molecule has 3 heteroatoms. The van der Waals surface area contributed by atoms with Gasteiger partial charge in [0.2, 0.25) is 0 Å². The number of nitrogens with two attached hydrogens (primary N) is 1. The summed E-state index contributed by atoms with van der Waals surface area (Å²) in [5.74, 6) is -0.385. The lowest BCUT2D eigenvalue weighted by molar-refractivity contribution is 0.632. The van der Waals surface area contributed by atoms with Crippen LogP contribution in [0.5, 0.6) is 0 Å². The molecule has 0 bridgehead atoms. The van der Waals surface area contributed by atoms with Crippen molar-refractivity contribution in [2.75, 3.05) is 0 Å². The van der Waals surface area contributed by atoms with Gasteiger partial charge in [-0.05, 0) is 17.2 Å². The van der Waals surface area contributed by atoms with Gasteiger partial charge in [-0.25, -0.2) is 4.39 Å². The first kappa shape index (κ1) is 11.1. The van der Waals surface area contributed by atoms with Crippen LogP contribution in [0.25, 0.3) is 11.1 Å². The molecule has 0 spiro atoms. The van der Waals surface area contributed by atoms with E-state index in [1.807, 2.05) is 24.3 Å². The largest absolute Gasteiger partial charge is 0.326 e. The van der Waals surface area contributed by atoms with Crippen molar-refractivity contribution in [2.24, 2.45) is 5.73 Å². The second-order valence-electron chi connectivity index (χ2n) is 3.50. The zero-order valence-electron chi connectivity index (χ0n) is 8.58. The number of hydrogen-bond acceptors (Lipinski definition) is 1. The van der Waals surface area contributed by atoms with Crippen LogP contribution >= 0.6 is 11.6 Å². The zero-order valence-corrected chi connectivity index (χ0v) is 9.34. The molecule has 16 heavy (non-hydrogen) atoms. The van der Waals surface area contributed by atoms with Crippen molar-refractivity contribution in [1.29, 1.82) is 0 Å². The highest BCUT2D eigenvalue weighted by atomic mass is 35.5. The third-order valence-corrected chi connectivity index (χ3v) is 2.74. The van der Waals surface area contributed by atoms with Crippen LogP contribution in [0.2, 0.25) is 5.02 Å². The van der Waals surface area contributed by atoms with Crippen LogP contribution in [-0.2, 0) is 6.54 Å². The molecule has 0 saturated carbocycles. The fourth-order valence-electron chi connectivity index (χ4n) is 1.55. The fraction of sp³-hybridized carbons (Fsp3) is 0.0769. The predicted octanol–water partition coefficient (Wildman–Crippen LogP) is 3.60. The van der Waals surface area contributed by atoms with Crippen LogP contribution in [0.15, 0.2) is 42.5 Å².